The van der Waals surface area contributed by atoms with Crippen LogP contribution < -0.4 is 4.74 Å². The molecule has 2 N–H and O–H groups in total. The molecule has 14 heteroatoms. The Bertz CT molecular complexity index is 1540. The first-order chi connectivity index (χ1) is 20.2. The van der Waals surface area contributed by atoms with Gasteiger partial charge in [-0.2, -0.15) is 26.3 Å². The van der Waals surface area contributed by atoms with Gasteiger partial charge in [0.1, 0.15) is 23.6 Å². The van der Waals surface area contributed by atoms with Crippen LogP contribution in [0.1, 0.15) is 69.7 Å². The molecular formula is C30H33F6N3O5. The molecule has 2 heterocycles. The third-order valence-corrected chi connectivity index (χ3v) is 7.96. The number of aliphatic hydroxyl groups is 2. The Labute approximate surface area is 249 Å². The van der Waals surface area contributed by atoms with E-state index in [1.807, 2.05) is 0 Å². The lowest BCUT2D eigenvalue weighted by molar-refractivity contribution is -0.138. The number of nitrogens with zero attached hydrogens (tertiary/aromatic N) is 3. The zero-order valence-electron chi connectivity index (χ0n) is 24.5. The molecule has 1 aromatic heterocycles. The number of carbonyl (C=O) groups is 1. The SMILES string of the molecule is CC1(O)CC(n2cnc3cc(OC[C@@H]4C[C@](O)(c5ccc(C(F)(F)F)cc5)CN4C(=O)OC(C)(C)C)cc(C(F)(F)F)c32)C1. The van der Waals surface area contributed by atoms with Crippen molar-refractivity contribution in [2.24, 2.45) is 0 Å². The van der Waals surface area contributed by atoms with Gasteiger partial charge in [0.05, 0.1) is 46.7 Å². The van der Waals surface area contributed by atoms with E-state index in [0.717, 1.165) is 30.3 Å². The standard InChI is InChI=1S/C30H33F6N3O5/c1-26(2,3)44-25(40)38-15-28(42,17-5-7-18(8-6-17)29(31,32)33)13-20(38)14-43-21-9-22(30(34,35)36)24-23(10-21)37-16-39(24)19-11-27(4,41)12-19/h5-10,16,19-20,41-42H,11-15H2,1-4H3/t19?,20-,27?,28+/m0/s1. The summed E-state index contributed by atoms with van der Waals surface area (Å²) in [5.41, 5.74) is -5.54. The number of hydrogen-bond acceptors (Lipinski definition) is 6. The lowest BCUT2D eigenvalue weighted by Crippen LogP contribution is -2.43. The van der Waals surface area contributed by atoms with E-state index >= 15 is 0 Å². The minimum absolute atomic E-state index is 0.0260. The zero-order valence-corrected chi connectivity index (χ0v) is 24.5. The maximum absolute atomic E-state index is 14.2. The third-order valence-electron chi connectivity index (χ3n) is 7.96. The number of fused-ring (bicyclic) bond motifs is 1. The molecule has 1 saturated heterocycles. The summed E-state index contributed by atoms with van der Waals surface area (Å²) in [5.74, 6) is -0.176. The number of alkyl halides is 6. The molecular weight excluding hydrogens is 596 g/mol. The van der Waals surface area contributed by atoms with Crippen molar-refractivity contribution in [1.29, 1.82) is 0 Å². The average Bonchev–Trinajstić information content (AvgIpc) is 3.45. The normalized spacial score (nSPS) is 26.1. The van der Waals surface area contributed by atoms with Gasteiger partial charge in [-0.15, -0.1) is 0 Å². The van der Waals surface area contributed by atoms with E-state index in [9.17, 15) is 41.4 Å². The highest BCUT2D eigenvalue weighted by atomic mass is 19.4. The molecule has 1 saturated carbocycles. The molecule has 0 spiro atoms. The molecule has 3 aromatic rings. The summed E-state index contributed by atoms with van der Waals surface area (Å²) in [7, 11) is 0. The fourth-order valence-corrected chi connectivity index (χ4v) is 5.90. The van der Waals surface area contributed by atoms with Crippen LogP contribution in [-0.4, -0.2) is 61.2 Å². The number of aromatic nitrogens is 2. The number of likely N-dealkylation sites (tertiary alicyclic amines) is 1. The first kappa shape index (κ1) is 31.9. The van der Waals surface area contributed by atoms with Crippen molar-refractivity contribution >= 4 is 17.1 Å². The third kappa shape index (κ3) is 6.46. The highest BCUT2D eigenvalue weighted by Crippen LogP contribution is 2.45. The molecule has 5 rings (SSSR count). The number of β-amino-alcohol motifs (C(OH)–C–C–N with tert-alkyl or cyclic N) is 1. The highest BCUT2D eigenvalue weighted by Gasteiger charge is 2.48. The van der Waals surface area contributed by atoms with Crippen molar-refractivity contribution in [2.45, 2.75) is 88.2 Å². The molecule has 2 fully saturated rings. The van der Waals surface area contributed by atoms with Crippen LogP contribution in [0.2, 0.25) is 0 Å². The first-order valence-electron chi connectivity index (χ1n) is 14.0. The second-order valence-electron chi connectivity index (χ2n) is 12.9. The Kier molecular flexibility index (Phi) is 7.64. The van der Waals surface area contributed by atoms with Crippen LogP contribution in [0.4, 0.5) is 31.1 Å². The second-order valence-corrected chi connectivity index (χ2v) is 12.9. The maximum atomic E-state index is 14.2. The summed E-state index contributed by atoms with van der Waals surface area (Å²) < 4.78 is 94.6. The summed E-state index contributed by atoms with van der Waals surface area (Å²) in [6.45, 7) is 5.81. The maximum Gasteiger partial charge on any atom is 0.418 e. The molecule has 1 aliphatic heterocycles. The molecule has 240 valence electrons. The van der Waals surface area contributed by atoms with Gasteiger partial charge in [0.2, 0.25) is 0 Å². The van der Waals surface area contributed by atoms with E-state index in [4.69, 9.17) is 9.47 Å². The predicted molar refractivity (Wildman–Crippen MR) is 146 cm³/mol. The molecule has 0 radical (unpaired) electrons. The summed E-state index contributed by atoms with van der Waals surface area (Å²) in [6, 6.07) is 4.82. The van der Waals surface area contributed by atoms with Crippen molar-refractivity contribution in [3.8, 4) is 5.75 Å². The van der Waals surface area contributed by atoms with Gasteiger partial charge in [-0.25, -0.2) is 9.78 Å². The fourth-order valence-electron chi connectivity index (χ4n) is 5.90. The van der Waals surface area contributed by atoms with Gasteiger partial charge in [-0.3, -0.25) is 4.90 Å². The van der Waals surface area contributed by atoms with Gasteiger partial charge < -0.3 is 24.3 Å². The van der Waals surface area contributed by atoms with Crippen LogP contribution in [0.3, 0.4) is 0 Å². The Hall–Kier alpha value is -3.52. The van der Waals surface area contributed by atoms with E-state index < -0.39 is 52.4 Å². The highest BCUT2D eigenvalue weighted by molar-refractivity contribution is 5.82. The molecule has 2 atom stereocenters. The van der Waals surface area contributed by atoms with Crippen molar-refractivity contribution in [3.05, 3.63) is 59.4 Å². The number of ether oxygens (including phenoxy) is 2. The molecule has 44 heavy (non-hydrogen) atoms. The quantitative estimate of drug-likeness (QED) is 0.316. The number of imidazole rings is 1. The lowest BCUT2D eigenvalue weighted by Gasteiger charge is -2.41. The Balaban J connectivity index is 1.42. The van der Waals surface area contributed by atoms with Gasteiger partial charge in [0, 0.05) is 18.5 Å². The van der Waals surface area contributed by atoms with E-state index in [1.165, 1.54) is 21.9 Å². The zero-order chi connectivity index (χ0) is 32.5. The Morgan fingerprint density at radius 3 is 2.18 bits per heavy atom. The van der Waals surface area contributed by atoms with Crippen LogP contribution in [-0.2, 0) is 22.7 Å². The first-order valence-corrected chi connectivity index (χ1v) is 14.0. The monoisotopic (exact) mass is 629 g/mol. The van der Waals surface area contributed by atoms with E-state index in [-0.39, 0.29) is 60.8 Å². The average molecular weight is 630 g/mol. The number of rotatable bonds is 5. The van der Waals surface area contributed by atoms with Crippen LogP contribution in [0, 0.1) is 0 Å². The van der Waals surface area contributed by atoms with Crippen molar-refractivity contribution in [1.82, 2.24) is 14.5 Å². The van der Waals surface area contributed by atoms with Gasteiger partial charge in [-0.1, -0.05) is 12.1 Å². The molecule has 8 nitrogen and oxygen atoms in total. The molecule has 2 aromatic carbocycles. The fraction of sp³-hybridized carbons (Fsp3) is 0.533. The number of halogens is 6. The van der Waals surface area contributed by atoms with Gasteiger partial charge in [-0.05, 0) is 64.3 Å². The molecule has 2 aliphatic rings. The van der Waals surface area contributed by atoms with Crippen LogP contribution in [0.25, 0.3) is 11.0 Å². The van der Waals surface area contributed by atoms with Gasteiger partial charge in [0.25, 0.3) is 0 Å². The van der Waals surface area contributed by atoms with E-state index in [2.05, 4.69) is 4.98 Å². The molecule has 0 unspecified atom stereocenters. The predicted octanol–water partition coefficient (Wildman–Crippen LogP) is 6.44. The number of amides is 1. The van der Waals surface area contributed by atoms with Gasteiger partial charge >= 0.3 is 18.4 Å². The van der Waals surface area contributed by atoms with E-state index in [0.29, 0.717) is 0 Å². The van der Waals surface area contributed by atoms with Crippen molar-refractivity contribution < 1.29 is 50.8 Å². The van der Waals surface area contributed by atoms with Crippen LogP contribution >= 0.6 is 0 Å². The minimum Gasteiger partial charge on any atom is -0.491 e. The summed E-state index contributed by atoms with van der Waals surface area (Å²) in [4.78, 5) is 18.4. The topological polar surface area (TPSA) is 97.0 Å². The summed E-state index contributed by atoms with van der Waals surface area (Å²) >= 11 is 0. The molecule has 1 aliphatic carbocycles. The minimum atomic E-state index is -4.76. The van der Waals surface area contributed by atoms with Crippen molar-refractivity contribution in [3.63, 3.8) is 0 Å². The summed E-state index contributed by atoms with van der Waals surface area (Å²) in [5, 5.41) is 21.6. The van der Waals surface area contributed by atoms with E-state index in [1.54, 1.807) is 27.7 Å². The smallest absolute Gasteiger partial charge is 0.418 e. The summed E-state index contributed by atoms with van der Waals surface area (Å²) in [6.07, 6.45) is -8.50. The van der Waals surface area contributed by atoms with Gasteiger partial charge in [0.15, 0.2) is 0 Å². The number of carbonyl (C=O) groups excluding carboxylic acids is 1. The second kappa shape index (κ2) is 10.5. The largest absolute Gasteiger partial charge is 0.491 e. The van der Waals surface area contributed by atoms with Crippen LogP contribution in [0.15, 0.2) is 42.7 Å². The molecule has 0 bridgehead atoms. The van der Waals surface area contributed by atoms with Crippen molar-refractivity contribution in [2.75, 3.05) is 13.2 Å². The lowest BCUT2D eigenvalue weighted by atomic mass is 9.77. The van der Waals surface area contributed by atoms with Crippen LogP contribution in [0.5, 0.6) is 5.75 Å². The number of benzene rings is 2. The number of hydrogen-bond donors (Lipinski definition) is 2. The Morgan fingerprint density at radius 1 is 1.00 bits per heavy atom. The molecule has 1 amide bonds. The Morgan fingerprint density at radius 2 is 1.64 bits per heavy atom.